The largest absolute Gasteiger partial charge is 0.756 e. The highest BCUT2D eigenvalue weighted by Gasteiger charge is 2.23. The number of hydrogen-bond acceptors (Lipinski definition) is 6. The maximum Gasteiger partial charge on any atom is 0.268 e. The third-order valence-electron chi connectivity index (χ3n) is 13.8. The Morgan fingerprint density at radius 2 is 0.816 bits per heavy atom. The minimum Gasteiger partial charge on any atom is -0.756 e. The summed E-state index contributed by atoms with van der Waals surface area (Å²) < 4.78 is 23.4. The molecule has 0 aliphatic rings. The quantitative estimate of drug-likeness (QED) is 0.0272. The molecule has 0 heterocycles. The van der Waals surface area contributed by atoms with Gasteiger partial charge in [0.2, 0.25) is 5.91 Å². The number of phosphoric acid groups is 1. The summed E-state index contributed by atoms with van der Waals surface area (Å²) in [4.78, 5) is 25.6. The van der Waals surface area contributed by atoms with Crippen LogP contribution in [0.5, 0.6) is 0 Å². The number of rotatable bonds is 57. The van der Waals surface area contributed by atoms with Crippen LogP contribution in [0.25, 0.3) is 0 Å². The van der Waals surface area contributed by atoms with Gasteiger partial charge in [-0.25, -0.2) is 0 Å². The lowest BCUT2D eigenvalue weighted by Crippen LogP contribution is -2.45. The van der Waals surface area contributed by atoms with Crippen LogP contribution in [0.3, 0.4) is 0 Å². The summed E-state index contributed by atoms with van der Waals surface area (Å²) in [5.74, 6) is -0.212. The molecule has 440 valence electrons. The molecule has 0 saturated carbocycles. The van der Waals surface area contributed by atoms with E-state index in [4.69, 9.17) is 9.05 Å². The lowest BCUT2D eigenvalue weighted by molar-refractivity contribution is -0.870. The number of hydrogen-bond donors (Lipinski definition) is 2. The first kappa shape index (κ1) is 73.4. The van der Waals surface area contributed by atoms with E-state index in [1.807, 2.05) is 27.2 Å². The van der Waals surface area contributed by atoms with Crippen molar-refractivity contribution in [3.8, 4) is 0 Å². The maximum absolute atomic E-state index is 13.0. The molecule has 76 heavy (non-hydrogen) atoms. The van der Waals surface area contributed by atoms with Gasteiger partial charge in [0.25, 0.3) is 7.82 Å². The van der Waals surface area contributed by atoms with Crippen LogP contribution in [0.4, 0.5) is 0 Å². The molecule has 0 saturated heterocycles. The van der Waals surface area contributed by atoms with E-state index in [9.17, 15) is 19.4 Å². The van der Waals surface area contributed by atoms with Crippen molar-refractivity contribution in [1.82, 2.24) is 5.32 Å². The summed E-state index contributed by atoms with van der Waals surface area (Å²) >= 11 is 0. The third-order valence-corrected chi connectivity index (χ3v) is 14.7. The first-order valence-corrected chi connectivity index (χ1v) is 33.1. The van der Waals surface area contributed by atoms with Crippen molar-refractivity contribution in [3.63, 3.8) is 0 Å². The van der Waals surface area contributed by atoms with Gasteiger partial charge in [-0.2, -0.15) is 0 Å². The normalized spacial score (nSPS) is 14.5. The number of aliphatic hydroxyl groups is 1. The highest BCUT2D eigenvalue weighted by Crippen LogP contribution is 2.38. The Hall–Kier alpha value is -2.58. The fourth-order valence-electron chi connectivity index (χ4n) is 8.86. The zero-order valence-corrected chi connectivity index (χ0v) is 51.1. The average Bonchev–Trinajstić information content (AvgIpc) is 3.38. The Morgan fingerprint density at radius 3 is 1.22 bits per heavy atom. The highest BCUT2D eigenvalue weighted by atomic mass is 31.2. The van der Waals surface area contributed by atoms with Gasteiger partial charge in [0, 0.05) is 6.42 Å². The van der Waals surface area contributed by atoms with Crippen molar-refractivity contribution in [3.05, 3.63) is 97.2 Å². The van der Waals surface area contributed by atoms with Gasteiger partial charge in [0.05, 0.1) is 39.9 Å². The van der Waals surface area contributed by atoms with E-state index in [-0.39, 0.29) is 12.5 Å². The van der Waals surface area contributed by atoms with Crippen LogP contribution >= 0.6 is 7.82 Å². The Morgan fingerprint density at radius 1 is 0.474 bits per heavy atom. The summed E-state index contributed by atoms with van der Waals surface area (Å²) in [6, 6.07) is -0.915. The van der Waals surface area contributed by atoms with E-state index in [2.05, 4.69) is 104 Å². The predicted octanol–water partition coefficient (Wildman–Crippen LogP) is 19.1. The first-order chi connectivity index (χ1) is 37.0. The van der Waals surface area contributed by atoms with E-state index in [0.29, 0.717) is 17.4 Å². The van der Waals surface area contributed by atoms with Gasteiger partial charge in [0.15, 0.2) is 0 Å². The molecule has 0 spiro atoms. The van der Waals surface area contributed by atoms with Crippen LogP contribution in [-0.4, -0.2) is 68.5 Å². The number of aliphatic hydroxyl groups excluding tert-OH is 1. The van der Waals surface area contributed by atoms with Crippen molar-refractivity contribution >= 4 is 13.7 Å². The van der Waals surface area contributed by atoms with Crippen molar-refractivity contribution < 1.29 is 32.9 Å². The van der Waals surface area contributed by atoms with Gasteiger partial charge < -0.3 is 28.8 Å². The zero-order chi connectivity index (χ0) is 55.6. The topological polar surface area (TPSA) is 108 Å². The molecular formula is C67H121N2O6P. The van der Waals surface area contributed by atoms with Crippen molar-refractivity contribution in [2.45, 2.75) is 283 Å². The van der Waals surface area contributed by atoms with Crippen LogP contribution in [0.2, 0.25) is 0 Å². The number of unbranched alkanes of at least 4 members (excludes halogenated alkanes) is 30. The molecule has 0 aromatic heterocycles. The number of nitrogens with one attached hydrogen (secondary N) is 1. The molecule has 0 bridgehead atoms. The van der Waals surface area contributed by atoms with Crippen LogP contribution in [0.1, 0.15) is 271 Å². The molecule has 0 rings (SSSR count). The number of nitrogens with zero attached hydrogens (tertiary/aromatic N) is 1. The monoisotopic (exact) mass is 1080 g/mol. The van der Waals surface area contributed by atoms with E-state index in [1.165, 1.54) is 173 Å². The number of carbonyl (C=O) groups is 1. The third kappa shape index (κ3) is 59.1. The molecule has 0 aromatic carbocycles. The smallest absolute Gasteiger partial charge is 0.268 e. The molecule has 0 aliphatic heterocycles. The van der Waals surface area contributed by atoms with Gasteiger partial charge in [-0.1, -0.05) is 272 Å². The number of quaternary nitrogens is 1. The summed E-state index contributed by atoms with van der Waals surface area (Å²) in [6.07, 6.45) is 82.2. The summed E-state index contributed by atoms with van der Waals surface area (Å²) in [7, 11) is 1.23. The fraction of sp³-hybridized carbons (Fsp3) is 0.746. The zero-order valence-electron chi connectivity index (χ0n) is 50.2. The van der Waals surface area contributed by atoms with Gasteiger partial charge in [-0.3, -0.25) is 9.36 Å². The lowest BCUT2D eigenvalue weighted by atomic mass is 10.0. The number of carbonyl (C=O) groups excluding carboxylic acids is 1. The second-order valence-electron chi connectivity index (χ2n) is 22.4. The van der Waals surface area contributed by atoms with Crippen molar-refractivity contribution in [1.29, 1.82) is 0 Å². The average molecular weight is 1080 g/mol. The van der Waals surface area contributed by atoms with E-state index >= 15 is 0 Å². The van der Waals surface area contributed by atoms with Crippen LogP contribution in [0, 0.1) is 0 Å². The second-order valence-corrected chi connectivity index (χ2v) is 23.8. The number of likely N-dealkylation sites (N-methyl/N-ethyl adjacent to an activating group) is 1. The Bertz CT molecular complexity index is 1560. The molecule has 3 unspecified atom stereocenters. The van der Waals surface area contributed by atoms with E-state index < -0.39 is 26.6 Å². The lowest BCUT2D eigenvalue weighted by Gasteiger charge is -2.29. The molecule has 0 aromatic rings. The molecule has 0 fully saturated rings. The van der Waals surface area contributed by atoms with Crippen molar-refractivity contribution in [2.24, 2.45) is 0 Å². The Balaban J connectivity index is 4.15. The van der Waals surface area contributed by atoms with Gasteiger partial charge in [-0.15, -0.1) is 0 Å². The summed E-state index contributed by atoms with van der Waals surface area (Å²) in [5, 5.41) is 13.9. The van der Waals surface area contributed by atoms with Gasteiger partial charge in [0.1, 0.15) is 13.2 Å². The van der Waals surface area contributed by atoms with Crippen LogP contribution in [-0.2, 0) is 18.4 Å². The highest BCUT2D eigenvalue weighted by molar-refractivity contribution is 7.45. The minimum atomic E-state index is -4.62. The van der Waals surface area contributed by atoms with E-state index in [0.717, 1.165) is 77.0 Å². The minimum absolute atomic E-state index is 0.0116. The van der Waals surface area contributed by atoms with Crippen LogP contribution in [0.15, 0.2) is 97.2 Å². The van der Waals surface area contributed by atoms with Crippen molar-refractivity contribution in [2.75, 3.05) is 40.9 Å². The van der Waals surface area contributed by atoms with Gasteiger partial charge in [-0.05, 0) is 89.9 Å². The molecule has 2 N–H and O–H groups in total. The van der Waals surface area contributed by atoms with Crippen LogP contribution < -0.4 is 10.2 Å². The number of amides is 1. The predicted molar refractivity (Wildman–Crippen MR) is 329 cm³/mol. The molecule has 8 nitrogen and oxygen atoms in total. The fourth-order valence-corrected chi connectivity index (χ4v) is 9.58. The number of allylic oxidation sites excluding steroid dienone is 15. The summed E-state index contributed by atoms with van der Waals surface area (Å²) in [5.41, 5.74) is 0. The second kappa shape index (κ2) is 57.1. The molecule has 3 atom stereocenters. The van der Waals surface area contributed by atoms with Gasteiger partial charge >= 0.3 is 0 Å². The molecule has 1 amide bonds. The molecular weight excluding hydrogens is 960 g/mol. The molecule has 0 radical (unpaired) electrons. The standard InChI is InChI=1S/C67H121N2O6P/c1-6-8-10-12-14-16-18-20-22-24-26-28-29-30-31-32-33-34-35-36-37-38-39-41-43-45-47-49-51-53-55-57-59-61-67(71)68-65(64-75-76(72,73)74-63-62-69(3,4)5)66(70)60-58-56-54-52-50-48-46-44-42-40-27-25-23-21-19-17-15-13-11-9-7-2/h8,10,14,16,20,22,26,28,30-31,42,44,50,52,58,60,65-66,70H,6-7,9,11-13,15,17-19,21,23-25,27,29,32-41,43,45-49,51,53-57,59,61-64H2,1-5H3,(H-,68,71,72,73)/b10-8-,16-14-,22-20-,28-26-,31-30-,44-42+,52-50+,60-58+. The first-order valence-electron chi connectivity index (χ1n) is 31.6. The Labute approximate surface area is 470 Å². The summed E-state index contributed by atoms with van der Waals surface area (Å²) in [6.45, 7) is 4.52. The molecule has 9 heteroatoms. The molecule has 0 aliphatic carbocycles. The van der Waals surface area contributed by atoms with E-state index in [1.54, 1.807) is 6.08 Å². The maximum atomic E-state index is 13.0. The SMILES string of the molecule is CC/C=C\C/C=C\C/C=C\C/C=C\C/C=C\CCCCCCCCCCCCCCCCCCCC(=O)NC(COP(=O)([O-])OCC[N+](C)(C)C)C(O)/C=C/CC/C=C/CC/C=C/CCCCCCCCCCCCC. The number of phosphoric ester groups is 1. The Kier molecular flexibility index (Phi) is 55.2.